The quantitative estimate of drug-likeness (QED) is 0.272. The first kappa shape index (κ1) is 29.7. The summed E-state index contributed by atoms with van der Waals surface area (Å²) >= 11 is 0. The van der Waals surface area contributed by atoms with Crippen LogP contribution in [0.2, 0.25) is 0 Å². The largest absolute Gasteiger partial charge is 0.566 e. The summed E-state index contributed by atoms with van der Waals surface area (Å²) in [6, 6.07) is 4.72. The summed E-state index contributed by atoms with van der Waals surface area (Å²) in [5.74, 6) is 0.939. The first-order valence-electron chi connectivity index (χ1n) is 14.3. The minimum absolute atomic E-state index is 0.106. The molecule has 41 heavy (non-hydrogen) atoms. The summed E-state index contributed by atoms with van der Waals surface area (Å²) in [5, 5.41) is 18.5. The zero-order valence-corrected chi connectivity index (χ0v) is 24.6. The highest BCUT2D eigenvalue weighted by molar-refractivity contribution is 7.89. The van der Waals surface area contributed by atoms with E-state index >= 15 is 0 Å². The van der Waals surface area contributed by atoms with Crippen LogP contribution in [-0.2, 0) is 28.3 Å². The number of hydrogen-bond acceptors (Lipinski definition) is 8. The van der Waals surface area contributed by atoms with E-state index in [0.29, 0.717) is 54.9 Å². The molecule has 1 atom stereocenters. The number of fused-ring (bicyclic) bond motifs is 1. The van der Waals surface area contributed by atoms with E-state index in [9.17, 15) is 18.4 Å². The van der Waals surface area contributed by atoms with Gasteiger partial charge in [-0.3, -0.25) is 4.79 Å². The van der Waals surface area contributed by atoms with Gasteiger partial charge in [-0.1, -0.05) is 25.7 Å². The average molecular weight is 590 g/mol. The average Bonchev–Trinajstić information content (AvgIpc) is 3.68. The Labute approximate surface area is 239 Å². The molecule has 2 fully saturated rings. The second-order valence-corrected chi connectivity index (χ2v) is 13.2. The molecule has 1 aliphatic carbocycles. The molecule has 1 saturated carbocycles. The van der Waals surface area contributed by atoms with Crippen LogP contribution in [0.3, 0.4) is 0 Å². The number of rotatable bonds is 12. The van der Waals surface area contributed by atoms with Crippen molar-refractivity contribution in [3.8, 4) is 17.1 Å². The third-order valence-electron chi connectivity index (χ3n) is 8.42. The topological polar surface area (TPSA) is 154 Å². The molecule has 1 aliphatic heterocycles. The van der Waals surface area contributed by atoms with Gasteiger partial charge in [0.1, 0.15) is 23.7 Å². The van der Waals surface area contributed by atoms with Gasteiger partial charge in [0, 0.05) is 31.7 Å². The van der Waals surface area contributed by atoms with Crippen molar-refractivity contribution in [2.24, 2.45) is 18.4 Å². The SMILES string of the molecule is CCCOc1ccc(S(=O)(=O)N2CCC(C3(CO[NH+]([O-])O)CC3)CC2)cc1-c1nc2c(CCC)cn(C)c2c(=O)[nH]1. The van der Waals surface area contributed by atoms with E-state index in [1.807, 2.05) is 20.2 Å². The molecule has 1 aromatic carbocycles. The number of sulfonamides is 1. The first-order chi connectivity index (χ1) is 19.6. The molecular weight excluding hydrogens is 550 g/mol. The van der Waals surface area contributed by atoms with E-state index in [-0.39, 0.29) is 34.2 Å². The van der Waals surface area contributed by atoms with Crippen molar-refractivity contribution in [3.05, 3.63) is 45.5 Å². The molecule has 2 aliphatic rings. The van der Waals surface area contributed by atoms with Gasteiger partial charge >= 0.3 is 0 Å². The lowest BCUT2D eigenvalue weighted by Gasteiger charge is -2.35. The Balaban J connectivity index is 1.45. The molecule has 0 bridgehead atoms. The fourth-order valence-corrected chi connectivity index (χ4v) is 7.54. The van der Waals surface area contributed by atoms with Crippen LogP contribution in [0.5, 0.6) is 5.75 Å². The minimum atomic E-state index is -3.84. The third-order valence-corrected chi connectivity index (χ3v) is 10.3. The van der Waals surface area contributed by atoms with E-state index in [1.54, 1.807) is 22.8 Å². The molecule has 12 nitrogen and oxygen atoms in total. The van der Waals surface area contributed by atoms with Crippen LogP contribution in [0.4, 0.5) is 0 Å². The van der Waals surface area contributed by atoms with Crippen LogP contribution in [-0.4, -0.2) is 58.8 Å². The summed E-state index contributed by atoms with van der Waals surface area (Å²) in [6.07, 6.45) is 7.42. The molecule has 224 valence electrons. The zero-order chi connectivity index (χ0) is 29.4. The lowest BCUT2D eigenvalue weighted by Crippen LogP contribution is -3.03. The van der Waals surface area contributed by atoms with Crippen molar-refractivity contribution in [2.45, 2.75) is 63.7 Å². The fourth-order valence-electron chi connectivity index (χ4n) is 6.04. The highest BCUT2D eigenvalue weighted by Crippen LogP contribution is 2.55. The summed E-state index contributed by atoms with van der Waals surface area (Å²) in [5.41, 5.74) is 1.99. The van der Waals surface area contributed by atoms with Crippen LogP contribution in [0, 0.1) is 16.5 Å². The second kappa shape index (κ2) is 11.8. The van der Waals surface area contributed by atoms with Crippen LogP contribution < -0.4 is 15.7 Å². The van der Waals surface area contributed by atoms with Crippen molar-refractivity contribution >= 4 is 21.1 Å². The zero-order valence-electron chi connectivity index (χ0n) is 23.8. The van der Waals surface area contributed by atoms with Crippen molar-refractivity contribution in [1.29, 1.82) is 0 Å². The van der Waals surface area contributed by atoms with Gasteiger partial charge in [0.2, 0.25) is 10.0 Å². The highest BCUT2D eigenvalue weighted by atomic mass is 32.2. The van der Waals surface area contributed by atoms with Gasteiger partial charge in [-0.25, -0.2) is 13.4 Å². The van der Waals surface area contributed by atoms with Crippen molar-refractivity contribution < 1.29 is 28.6 Å². The Kier molecular flexibility index (Phi) is 8.56. The number of aromatic nitrogens is 3. The summed E-state index contributed by atoms with van der Waals surface area (Å²) in [6.45, 7) is 5.33. The maximum absolute atomic E-state index is 13.8. The van der Waals surface area contributed by atoms with Crippen LogP contribution in [0.25, 0.3) is 22.4 Å². The molecular formula is C28H39N5O7S. The van der Waals surface area contributed by atoms with Gasteiger partial charge < -0.3 is 19.5 Å². The van der Waals surface area contributed by atoms with E-state index in [4.69, 9.17) is 19.8 Å². The van der Waals surface area contributed by atoms with Crippen molar-refractivity contribution in [1.82, 2.24) is 18.8 Å². The second-order valence-electron chi connectivity index (χ2n) is 11.2. The van der Waals surface area contributed by atoms with Gasteiger partial charge in [0.05, 0.1) is 22.6 Å². The van der Waals surface area contributed by atoms with Crippen LogP contribution in [0.1, 0.15) is 57.9 Å². The Bertz CT molecular complexity index is 1550. The number of quaternary nitrogens is 1. The monoisotopic (exact) mass is 589 g/mol. The standard InChI is InChI=1S/C28H39N5O7S/c1-4-6-19-17-31(3)25-24(19)29-26(30-27(25)34)22-16-21(7-8-23(22)39-15-5-2)41(37,38)32-13-9-20(10-14-32)28(11-12-28)18-40-33(35)36/h7-8,16-17,20,33,35H,4-6,9-15,18H2,1-3H3,(H,29,30,34). The Hall–Kier alpha value is -2.81. The lowest BCUT2D eigenvalue weighted by molar-refractivity contribution is -1.21. The van der Waals surface area contributed by atoms with Crippen molar-refractivity contribution in [2.75, 3.05) is 26.3 Å². The first-order valence-corrected chi connectivity index (χ1v) is 15.7. The molecule has 0 amide bonds. The van der Waals surface area contributed by atoms with E-state index in [0.717, 1.165) is 37.7 Å². The number of piperidine rings is 1. The normalized spacial score (nSPS) is 18.6. The molecule has 1 saturated heterocycles. The molecule has 0 radical (unpaired) electrons. The number of hydrogen-bond donors (Lipinski definition) is 3. The molecule has 1 unspecified atom stereocenters. The highest BCUT2D eigenvalue weighted by Gasteiger charge is 2.51. The van der Waals surface area contributed by atoms with E-state index in [2.05, 4.69) is 11.9 Å². The van der Waals surface area contributed by atoms with Gasteiger partial charge in [0.25, 0.3) is 5.56 Å². The summed E-state index contributed by atoms with van der Waals surface area (Å²) in [7, 11) is -2.03. The summed E-state index contributed by atoms with van der Waals surface area (Å²) in [4.78, 5) is 25.8. The number of nitrogens with zero attached hydrogens (tertiary/aromatic N) is 3. The van der Waals surface area contributed by atoms with Gasteiger partial charge in [-0.15, -0.1) is 0 Å². The van der Waals surface area contributed by atoms with Crippen molar-refractivity contribution in [3.63, 3.8) is 0 Å². The van der Waals surface area contributed by atoms with E-state index < -0.39 is 15.4 Å². The van der Waals surface area contributed by atoms with Gasteiger partial charge in [-0.05, 0) is 68.2 Å². The number of aromatic amines is 1. The molecule has 3 N–H and O–H groups in total. The van der Waals surface area contributed by atoms with Gasteiger partial charge in [0.15, 0.2) is 0 Å². The maximum Gasteiger partial charge on any atom is 0.275 e. The molecule has 0 spiro atoms. The minimum Gasteiger partial charge on any atom is -0.566 e. The summed E-state index contributed by atoms with van der Waals surface area (Å²) < 4.78 is 36.8. The fraction of sp³-hybridized carbons (Fsp3) is 0.571. The molecule has 5 rings (SSSR count). The van der Waals surface area contributed by atoms with E-state index in [1.165, 1.54) is 4.31 Å². The number of benzene rings is 1. The van der Waals surface area contributed by atoms with Crippen LogP contribution in [0.15, 0.2) is 34.1 Å². The number of ether oxygens (including phenoxy) is 1. The Morgan fingerprint density at radius 1 is 1.22 bits per heavy atom. The molecule has 3 heterocycles. The maximum atomic E-state index is 13.8. The predicted octanol–water partition coefficient (Wildman–Crippen LogP) is 2.55. The van der Waals surface area contributed by atoms with Crippen LogP contribution >= 0.6 is 0 Å². The predicted molar refractivity (Wildman–Crippen MR) is 152 cm³/mol. The number of H-pyrrole nitrogens is 1. The smallest absolute Gasteiger partial charge is 0.275 e. The molecule has 2 aromatic heterocycles. The number of aryl methyl sites for hydroxylation is 2. The van der Waals surface area contributed by atoms with Gasteiger partial charge in [-0.2, -0.15) is 14.4 Å². The Morgan fingerprint density at radius 3 is 2.59 bits per heavy atom. The molecule has 13 heteroatoms. The lowest BCUT2D eigenvalue weighted by atomic mass is 9.82. The third kappa shape index (κ3) is 5.92. The number of nitrogens with one attached hydrogen (secondary N) is 2. The Morgan fingerprint density at radius 2 is 1.95 bits per heavy atom. The molecule has 3 aromatic rings.